The largest absolute Gasteiger partial charge is 0.352 e. The van der Waals surface area contributed by atoms with Crippen LogP contribution < -0.4 is 16.0 Å². The molecule has 2 aromatic carbocycles. The maximum absolute atomic E-state index is 12.3. The minimum absolute atomic E-state index is 0.110. The summed E-state index contributed by atoms with van der Waals surface area (Å²) in [7, 11) is 0. The van der Waals surface area contributed by atoms with Crippen LogP contribution in [0.1, 0.15) is 30.1 Å². The highest BCUT2D eigenvalue weighted by molar-refractivity contribution is 7.80. The maximum atomic E-state index is 12.3. The fourth-order valence-corrected chi connectivity index (χ4v) is 2.44. The molecule has 0 aliphatic rings. The molecule has 0 aliphatic heterocycles. The Hall–Kier alpha value is -2.11. The van der Waals surface area contributed by atoms with Crippen LogP contribution in [0.3, 0.4) is 0 Å². The van der Waals surface area contributed by atoms with E-state index >= 15 is 0 Å². The Kier molecular flexibility index (Phi) is 7.03. The predicted octanol–water partition coefficient (Wildman–Crippen LogP) is 4.68. The van der Waals surface area contributed by atoms with Gasteiger partial charge >= 0.3 is 0 Å². The molecule has 0 heterocycles. The average Bonchev–Trinajstić information content (AvgIpc) is 2.57. The van der Waals surface area contributed by atoms with Gasteiger partial charge in [-0.15, -0.1) is 0 Å². The zero-order valence-electron chi connectivity index (χ0n) is 13.4. The highest BCUT2D eigenvalue weighted by atomic mass is 35.5. The monoisotopic (exact) mass is 361 g/mol. The van der Waals surface area contributed by atoms with Crippen molar-refractivity contribution in [1.82, 2.24) is 5.32 Å². The van der Waals surface area contributed by atoms with Gasteiger partial charge in [0, 0.05) is 17.3 Å². The molecule has 0 radical (unpaired) electrons. The molecule has 0 unspecified atom stereocenters. The average molecular weight is 362 g/mol. The Morgan fingerprint density at radius 1 is 1.08 bits per heavy atom. The number of hydrogen-bond acceptors (Lipinski definition) is 2. The van der Waals surface area contributed by atoms with Gasteiger partial charge in [-0.05, 0) is 55.0 Å². The van der Waals surface area contributed by atoms with Crippen LogP contribution in [-0.2, 0) is 0 Å². The number of rotatable bonds is 6. The summed E-state index contributed by atoms with van der Waals surface area (Å²) in [5.41, 5.74) is 2.05. The molecule has 0 aliphatic carbocycles. The van der Waals surface area contributed by atoms with Gasteiger partial charge in [0.05, 0.1) is 11.3 Å². The van der Waals surface area contributed by atoms with E-state index in [1.165, 1.54) is 0 Å². The van der Waals surface area contributed by atoms with Crippen LogP contribution in [0.4, 0.5) is 11.4 Å². The molecule has 0 saturated carbocycles. The molecule has 0 spiro atoms. The van der Waals surface area contributed by atoms with Crippen molar-refractivity contribution < 1.29 is 4.79 Å². The van der Waals surface area contributed by atoms with E-state index in [1.807, 2.05) is 30.3 Å². The van der Waals surface area contributed by atoms with E-state index in [2.05, 4.69) is 22.9 Å². The predicted molar refractivity (Wildman–Crippen MR) is 105 cm³/mol. The highest BCUT2D eigenvalue weighted by Gasteiger charge is 2.11. The number of para-hydroxylation sites is 1. The number of anilines is 2. The van der Waals surface area contributed by atoms with E-state index < -0.39 is 0 Å². The van der Waals surface area contributed by atoms with E-state index in [0.29, 0.717) is 27.9 Å². The highest BCUT2D eigenvalue weighted by Crippen LogP contribution is 2.17. The van der Waals surface area contributed by atoms with E-state index in [1.54, 1.807) is 18.2 Å². The summed E-state index contributed by atoms with van der Waals surface area (Å²) in [6.45, 7) is 2.75. The molecule has 126 valence electrons. The molecule has 0 atom stereocenters. The summed E-state index contributed by atoms with van der Waals surface area (Å²) in [4.78, 5) is 12.3. The Morgan fingerprint density at radius 3 is 2.50 bits per heavy atom. The lowest BCUT2D eigenvalue weighted by molar-refractivity contribution is 0.0954. The zero-order valence-corrected chi connectivity index (χ0v) is 15.0. The van der Waals surface area contributed by atoms with Crippen molar-refractivity contribution in [3.05, 3.63) is 59.1 Å². The van der Waals surface area contributed by atoms with E-state index in [0.717, 1.165) is 18.5 Å². The van der Waals surface area contributed by atoms with Gasteiger partial charge in [0.25, 0.3) is 5.91 Å². The standard InChI is InChI=1S/C18H20ClN3OS/c1-2-3-12-20-17(23)15-6-4-5-7-16(15)22-18(24)21-14-10-8-13(19)9-11-14/h4-11H,2-3,12H2,1H3,(H,20,23)(H2,21,22,24). The second-order valence-corrected chi connectivity index (χ2v) is 6.09. The number of benzene rings is 2. The molecule has 3 N–H and O–H groups in total. The lowest BCUT2D eigenvalue weighted by atomic mass is 10.1. The van der Waals surface area contributed by atoms with Crippen LogP contribution in [0.2, 0.25) is 5.02 Å². The summed E-state index contributed by atoms with van der Waals surface area (Å²) >= 11 is 11.2. The zero-order chi connectivity index (χ0) is 17.4. The molecular weight excluding hydrogens is 342 g/mol. The Labute approximate surface area is 152 Å². The summed E-state index contributed by atoms with van der Waals surface area (Å²) in [5.74, 6) is -0.110. The number of carbonyl (C=O) groups excluding carboxylic acids is 1. The molecule has 24 heavy (non-hydrogen) atoms. The molecule has 0 bridgehead atoms. The Balaban J connectivity index is 2.02. The lowest BCUT2D eigenvalue weighted by Gasteiger charge is -2.14. The van der Waals surface area contributed by atoms with Crippen LogP contribution in [0.15, 0.2) is 48.5 Å². The summed E-state index contributed by atoms with van der Waals surface area (Å²) in [6, 6.07) is 14.5. The number of unbranched alkanes of at least 4 members (excludes halogenated alkanes) is 1. The first kappa shape index (κ1) is 18.2. The van der Waals surface area contributed by atoms with Gasteiger partial charge in [-0.25, -0.2) is 0 Å². The quantitative estimate of drug-likeness (QED) is 0.516. The van der Waals surface area contributed by atoms with Gasteiger partial charge in [0.1, 0.15) is 0 Å². The van der Waals surface area contributed by atoms with Crippen molar-refractivity contribution in [2.75, 3.05) is 17.2 Å². The third kappa shape index (κ3) is 5.51. The van der Waals surface area contributed by atoms with Crippen LogP contribution in [0.5, 0.6) is 0 Å². The fourth-order valence-electron chi connectivity index (χ4n) is 2.08. The Morgan fingerprint density at radius 2 is 1.79 bits per heavy atom. The smallest absolute Gasteiger partial charge is 0.253 e. The van der Waals surface area contributed by atoms with Crippen molar-refractivity contribution in [2.24, 2.45) is 0 Å². The third-order valence-electron chi connectivity index (χ3n) is 3.34. The van der Waals surface area contributed by atoms with Crippen LogP contribution in [-0.4, -0.2) is 17.6 Å². The first-order valence-electron chi connectivity index (χ1n) is 7.81. The number of amides is 1. The van der Waals surface area contributed by atoms with Gasteiger partial charge in [-0.3, -0.25) is 4.79 Å². The van der Waals surface area contributed by atoms with Gasteiger partial charge in [-0.2, -0.15) is 0 Å². The molecule has 0 fully saturated rings. The normalized spacial score (nSPS) is 10.1. The third-order valence-corrected chi connectivity index (χ3v) is 3.79. The van der Waals surface area contributed by atoms with Gasteiger partial charge in [-0.1, -0.05) is 37.1 Å². The number of nitrogens with one attached hydrogen (secondary N) is 3. The SMILES string of the molecule is CCCCNC(=O)c1ccccc1NC(=S)Nc1ccc(Cl)cc1. The first-order chi connectivity index (χ1) is 11.6. The van der Waals surface area contributed by atoms with Crippen molar-refractivity contribution in [1.29, 1.82) is 0 Å². The fraction of sp³-hybridized carbons (Fsp3) is 0.222. The molecule has 4 nitrogen and oxygen atoms in total. The minimum atomic E-state index is -0.110. The first-order valence-corrected chi connectivity index (χ1v) is 8.59. The minimum Gasteiger partial charge on any atom is -0.352 e. The van der Waals surface area contributed by atoms with E-state index in [-0.39, 0.29) is 5.91 Å². The topological polar surface area (TPSA) is 53.2 Å². The van der Waals surface area contributed by atoms with Gasteiger partial charge in [0.15, 0.2) is 5.11 Å². The molecule has 0 saturated heterocycles. The van der Waals surface area contributed by atoms with E-state index in [9.17, 15) is 4.79 Å². The second-order valence-electron chi connectivity index (χ2n) is 5.24. The Bertz CT molecular complexity index is 704. The van der Waals surface area contributed by atoms with Crippen LogP contribution in [0.25, 0.3) is 0 Å². The maximum Gasteiger partial charge on any atom is 0.253 e. The summed E-state index contributed by atoms with van der Waals surface area (Å²) < 4.78 is 0. The molecule has 2 aromatic rings. The summed E-state index contributed by atoms with van der Waals surface area (Å²) in [6.07, 6.45) is 1.99. The second kappa shape index (κ2) is 9.25. The number of carbonyl (C=O) groups is 1. The molecule has 6 heteroatoms. The van der Waals surface area contributed by atoms with E-state index in [4.69, 9.17) is 23.8 Å². The van der Waals surface area contributed by atoms with Crippen molar-refractivity contribution in [3.8, 4) is 0 Å². The van der Waals surface area contributed by atoms with Crippen molar-refractivity contribution >= 4 is 46.2 Å². The molecule has 0 aromatic heterocycles. The van der Waals surface area contributed by atoms with Gasteiger partial charge in [0.2, 0.25) is 0 Å². The molecule has 1 amide bonds. The van der Waals surface area contributed by atoms with Gasteiger partial charge < -0.3 is 16.0 Å². The molecular formula is C18H20ClN3OS. The van der Waals surface area contributed by atoms with Crippen LogP contribution >= 0.6 is 23.8 Å². The number of hydrogen-bond donors (Lipinski definition) is 3. The van der Waals surface area contributed by atoms with Crippen molar-refractivity contribution in [2.45, 2.75) is 19.8 Å². The summed E-state index contributed by atoms with van der Waals surface area (Å²) in [5, 5.41) is 10.1. The van der Waals surface area contributed by atoms with Crippen LogP contribution in [0, 0.1) is 0 Å². The number of halogens is 1. The lowest BCUT2D eigenvalue weighted by Crippen LogP contribution is -2.27. The number of thiocarbonyl (C=S) groups is 1. The van der Waals surface area contributed by atoms with Crippen molar-refractivity contribution in [3.63, 3.8) is 0 Å². The molecule has 2 rings (SSSR count).